The molecule has 0 saturated carbocycles. The zero-order valence-corrected chi connectivity index (χ0v) is 25.3. The van der Waals surface area contributed by atoms with Crippen LogP contribution in [0, 0.1) is 19.3 Å². The molecule has 0 aliphatic rings. The van der Waals surface area contributed by atoms with Crippen molar-refractivity contribution in [2.45, 2.75) is 20.8 Å². The fourth-order valence-corrected chi connectivity index (χ4v) is 2.61. The molecule has 3 aromatic rings. The van der Waals surface area contributed by atoms with E-state index in [0.717, 1.165) is 19.3 Å². The molecule has 0 radical (unpaired) electrons. The van der Waals surface area contributed by atoms with Crippen molar-refractivity contribution in [3.63, 3.8) is 0 Å². The van der Waals surface area contributed by atoms with Crippen molar-refractivity contribution in [1.29, 1.82) is 0 Å². The molecule has 0 aliphatic heterocycles. The average Bonchev–Trinajstić information content (AvgIpc) is 2.85. The van der Waals surface area contributed by atoms with Crippen LogP contribution < -0.4 is 17.0 Å². The van der Waals surface area contributed by atoms with Gasteiger partial charge in [0.25, 0.3) is 0 Å². The first-order valence-corrected chi connectivity index (χ1v) is 10.9. The van der Waals surface area contributed by atoms with Crippen LogP contribution in [0.4, 0.5) is 0 Å². The average molecular weight is 655 g/mol. The summed E-state index contributed by atoms with van der Waals surface area (Å²) in [7, 11) is 0. The summed E-state index contributed by atoms with van der Waals surface area (Å²) in [5.41, 5.74) is 1.65. The normalized spacial score (nSPS) is 8.61. The van der Waals surface area contributed by atoms with Gasteiger partial charge in [0.05, 0.1) is 17.3 Å². The molecule has 194 valence electrons. The van der Waals surface area contributed by atoms with Crippen molar-refractivity contribution < 1.29 is 72.0 Å². The maximum Gasteiger partial charge on any atom is 4.00 e. The number of rotatable bonds is 9. The number of ketones is 6. The molecule has 0 spiro atoms. The van der Waals surface area contributed by atoms with Gasteiger partial charge < -0.3 is 45.7 Å². The largest absolute Gasteiger partial charge is 4.00 e. The van der Waals surface area contributed by atoms with E-state index in [4.69, 9.17) is 0 Å². The van der Waals surface area contributed by atoms with E-state index in [1.165, 1.54) is 20.8 Å². The Hall–Kier alpha value is -3.35. The van der Waals surface area contributed by atoms with Gasteiger partial charge in [-0.1, -0.05) is 54.6 Å². The molecule has 0 amide bonds. The Balaban J connectivity index is 0. The minimum atomic E-state index is -0.233. The third-order valence-corrected chi connectivity index (χ3v) is 4.18. The summed E-state index contributed by atoms with van der Waals surface area (Å²) in [6.45, 7) is 4.09. The molecule has 0 heterocycles. The van der Waals surface area contributed by atoms with Gasteiger partial charge in [0, 0.05) is 17.3 Å². The van der Waals surface area contributed by atoms with Gasteiger partial charge in [0.15, 0.2) is 0 Å². The van der Waals surface area contributed by atoms with Crippen molar-refractivity contribution in [3.8, 4) is 0 Å². The summed E-state index contributed by atoms with van der Waals surface area (Å²) in [5.74, 6) is -1.36. The van der Waals surface area contributed by atoms with E-state index in [1.807, 2.05) is 18.2 Å². The van der Waals surface area contributed by atoms with Crippen LogP contribution in [-0.2, 0) is 40.6 Å². The fourth-order valence-electron chi connectivity index (χ4n) is 2.61. The van der Waals surface area contributed by atoms with Gasteiger partial charge in [0.1, 0.15) is 0 Å². The Morgan fingerprint density at radius 2 is 0.605 bits per heavy atom. The van der Waals surface area contributed by atoms with E-state index in [0.29, 0.717) is 16.7 Å². The molecular weight excluding hydrogens is 627 g/mol. The van der Waals surface area contributed by atoms with Crippen molar-refractivity contribution in [3.05, 3.63) is 127 Å². The van der Waals surface area contributed by atoms with Crippen molar-refractivity contribution in [2.75, 3.05) is 0 Å². The summed E-state index contributed by atoms with van der Waals surface area (Å²) < 4.78 is 0. The zero-order chi connectivity index (χ0) is 26.9. The molecule has 0 fully saturated rings. The van der Waals surface area contributed by atoms with Gasteiger partial charge in [-0.15, -0.1) is 72.4 Å². The van der Waals surface area contributed by atoms with Crippen LogP contribution in [0.2, 0.25) is 0 Å². The minimum absolute atomic E-state index is 0. The van der Waals surface area contributed by atoms with Gasteiger partial charge in [0.2, 0.25) is 0 Å². The Labute approximate surface area is 253 Å². The number of carbonyl (C=O) groups excluding carboxylic acids is 6. The van der Waals surface area contributed by atoms with Crippen LogP contribution >= 0.6 is 0 Å². The van der Waals surface area contributed by atoms with Crippen molar-refractivity contribution in [2.24, 2.45) is 0 Å². The molecule has 0 saturated heterocycles. The van der Waals surface area contributed by atoms with Gasteiger partial charge in [-0.25, -0.2) is 0 Å². The Bertz CT molecular complexity index is 1030. The predicted molar refractivity (Wildman–Crippen MR) is 137 cm³/mol. The maximum absolute atomic E-state index is 11.2. The third kappa shape index (κ3) is 16.4. The number of hydrogen-bond donors (Lipinski definition) is 0. The monoisotopic (exact) mass is 652 g/mol. The number of hydrogen-bond acceptors (Lipinski definition) is 6. The second-order valence-corrected chi connectivity index (χ2v) is 7.46. The SMILES string of the molecule is CC(=O)[CH-]C(=O)c1ccccc1.CC(=O)[CH-]C(=O)c1ccccc1.CC(=O)[CH-]C(=O)c1ccccc1.[Br-].[Zr+4]. The predicted octanol–water partition coefficient (Wildman–Crippen LogP) is 1.99. The molecule has 0 atom stereocenters. The summed E-state index contributed by atoms with van der Waals surface area (Å²) >= 11 is 0. The van der Waals surface area contributed by atoms with Crippen LogP contribution in [0.5, 0.6) is 0 Å². The van der Waals surface area contributed by atoms with Crippen molar-refractivity contribution in [1.82, 2.24) is 0 Å². The second kappa shape index (κ2) is 20.7. The maximum atomic E-state index is 11.2. The number of carbonyl (C=O) groups is 6. The first-order chi connectivity index (χ1) is 17.1. The van der Waals surface area contributed by atoms with Crippen molar-refractivity contribution >= 4 is 34.7 Å². The van der Waals surface area contributed by atoms with E-state index in [9.17, 15) is 28.8 Å². The molecular formula is C30H27BrO6Zr. The van der Waals surface area contributed by atoms with E-state index in [2.05, 4.69) is 0 Å². The second-order valence-electron chi connectivity index (χ2n) is 7.46. The molecule has 8 heteroatoms. The topological polar surface area (TPSA) is 102 Å². The van der Waals surface area contributed by atoms with Crippen LogP contribution in [0.15, 0.2) is 91.0 Å². The molecule has 3 aromatic carbocycles. The fraction of sp³-hybridized carbons (Fsp3) is 0.100. The standard InChI is InChI=1S/3C10H9O2.BrH.Zr/c3*1-8(11)7-10(12)9-5-3-2-4-6-9;;/h3*2-7H,1H3;1H;/q3*-1;;+4/p-1. The van der Waals surface area contributed by atoms with Gasteiger partial charge in [-0.2, -0.15) is 0 Å². The minimum Gasteiger partial charge on any atom is -1.00 e. The first kappa shape index (κ1) is 36.8. The summed E-state index contributed by atoms with van der Waals surface area (Å²) in [5, 5.41) is 0. The van der Waals surface area contributed by atoms with E-state index < -0.39 is 0 Å². The molecule has 0 aliphatic carbocycles. The van der Waals surface area contributed by atoms with Crippen LogP contribution in [0.3, 0.4) is 0 Å². The van der Waals surface area contributed by atoms with E-state index >= 15 is 0 Å². The first-order valence-electron chi connectivity index (χ1n) is 10.9. The van der Waals surface area contributed by atoms with Crippen LogP contribution in [0.1, 0.15) is 51.8 Å². The quantitative estimate of drug-likeness (QED) is 0.199. The third-order valence-electron chi connectivity index (χ3n) is 4.18. The van der Waals surface area contributed by atoms with Gasteiger partial charge in [-0.05, 0) is 20.8 Å². The van der Waals surface area contributed by atoms with E-state index in [-0.39, 0.29) is 77.9 Å². The van der Waals surface area contributed by atoms with E-state index in [1.54, 1.807) is 72.8 Å². The smallest absolute Gasteiger partial charge is 1.00 e. The molecule has 6 nitrogen and oxygen atoms in total. The number of halogens is 1. The summed E-state index contributed by atoms with van der Waals surface area (Å²) in [6.07, 6.45) is 3.28. The Morgan fingerprint density at radius 3 is 0.763 bits per heavy atom. The number of benzene rings is 3. The molecule has 3 rings (SSSR count). The molecule has 0 N–H and O–H groups in total. The summed E-state index contributed by atoms with van der Waals surface area (Å²) in [4.78, 5) is 65.2. The molecule has 38 heavy (non-hydrogen) atoms. The Morgan fingerprint density at radius 1 is 0.421 bits per heavy atom. The van der Waals surface area contributed by atoms with Gasteiger partial charge >= 0.3 is 26.2 Å². The zero-order valence-electron chi connectivity index (χ0n) is 21.2. The van der Waals surface area contributed by atoms with Gasteiger partial charge in [-0.3, -0.25) is 0 Å². The van der Waals surface area contributed by atoms with Crippen LogP contribution in [0.25, 0.3) is 0 Å². The number of Topliss-reactive ketones (excluding diaryl/α,β-unsaturated/α-hetero) is 6. The Kier molecular flexibility index (Phi) is 20.0. The molecule has 0 aromatic heterocycles. The molecule has 0 unspecified atom stereocenters. The van der Waals surface area contributed by atoms with Crippen LogP contribution in [-0.4, -0.2) is 34.7 Å². The molecule has 0 bridgehead atoms. The summed E-state index contributed by atoms with van der Waals surface area (Å²) in [6, 6.07) is 26.2.